The van der Waals surface area contributed by atoms with Crippen LogP contribution >= 0.6 is 11.6 Å². The van der Waals surface area contributed by atoms with Gasteiger partial charge in [0, 0.05) is 18.1 Å². The maximum absolute atomic E-state index is 6.13. The molecule has 0 saturated carbocycles. The maximum atomic E-state index is 6.13. The first-order valence-corrected chi connectivity index (χ1v) is 10.3. The predicted octanol–water partition coefficient (Wildman–Crippen LogP) is 4.08. The average Bonchev–Trinajstić information content (AvgIpc) is 3.40. The van der Waals surface area contributed by atoms with Gasteiger partial charge < -0.3 is 4.90 Å². The van der Waals surface area contributed by atoms with Crippen LogP contribution in [0.1, 0.15) is 44.1 Å². The van der Waals surface area contributed by atoms with Gasteiger partial charge in [0.15, 0.2) is 0 Å². The van der Waals surface area contributed by atoms with Crippen molar-refractivity contribution >= 4 is 23.1 Å². The molecule has 0 amide bonds. The second kappa shape index (κ2) is 7.82. The molecule has 0 spiro atoms. The van der Waals surface area contributed by atoms with Gasteiger partial charge in [-0.25, -0.2) is 0 Å². The Hall–Kier alpha value is -1.48. The molecule has 3 aliphatic heterocycles. The van der Waals surface area contributed by atoms with E-state index in [1.54, 1.807) is 0 Å². The summed E-state index contributed by atoms with van der Waals surface area (Å²) in [6.45, 7) is 7.16. The Balaban J connectivity index is 1.74. The normalized spacial score (nSPS) is 21.5. The molecule has 4 heteroatoms. The molecule has 3 heterocycles. The van der Waals surface area contributed by atoms with Crippen LogP contribution in [0.5, 0.6) is 0 Å². The van der Waals surface area contributed by atoms with Crippen molar-refractivity contribution in [2.24, 2.45) is 0 Å². The van der Waals surface area contributed by atoms with Crippen LogP contribution in [0.25, 0.3) is 5.70 Å². The molecule has 4 rings (SSSR count). The zero-order valence-corrected chi connectivity index (χ0v) is 15.8. The minimum absolute atomic E-state index is 0.813. The molecule has 3 saturated heterocycles. The number of amidine groups is 1. The lowest BCUT2D eigenvalue weighted by molar-refractivity contribution is -0.510. The summed E-state index contributed by atoms with van der Waals surface area (Å²) < 4.78 is 2.61. The smallest absolute Gasteiger partial charge is 0.273 e. The van der Waals surface area contributed by atoms with E-state index in [2.05, 4.69) is 32.6 Å². The van der Waals surface area contributed by atoms with E-state index in [1.807, 2.05) is 12.1 Å². The summed E-state index contributed by atoms with van der Waals surface area (Å²) in [5.41, 5.74) is 2.67. The molecule has 0 unspecified atom stereocenters. The summed E-state index contributed by atoms with van der Waals surface area (Å²) in [4.78, 5) is 5.17. The van der Waals surface area contributed by atoms with E-state index in [-0.39, 0.29) is 0 Å². The molecule has 3 nitrogen and oxygen atoms in total. The van der Waals surface area contributed by atoms with Gasteiger partial charge in [-0.15, -0.1) is 0 Å². The molecule has 25 heavy (non-hydrogen) atoms. The van der Waals surface area contributed by atoms with Crippen molar-refractivity contribution in [1.29, 1.82) is 0 Å². The summed E-state index contributed by atoms with van der Waals surface area (Å²) in [6, 6.07) is 8.40. The van der Waals surface area contributed by atoms with Gasteiger partial charge >= 0.3 is 0 Å². The highest BCUT2D eigenvalue weighted by Gasteiger charge is 2.28. The fourth-order valence-corrected chi connectivity index (χ4v) is 4.46. The molecular weight excluding hydrogens is 330 g/mol. The van der Waals surface area contributed by atoms with Crippen LogP contribution in [0.15, 0.2) is 30.3 Å². The van der Waals surface area contributed by atoms with Crippen LogP contribution in [-0.4, -0.2) is 59.5 Å². The first kappa shape index (κ1) is 17.0. The van der Waals surface area contributed by atoms with Crippen LogP contribution in [0.3, 0.4) is 0 Å². The molecule has 0 radical (unpaired) electrons. The topological polar surface area (TPSA) is 9.49 Å². The highest BCUT2D eigenvalue weighted by Crippen LogP contribution is 2.26. The average molecular weight is 359 g/mol. The summed E-state index contributed by atoms with van der Waals surface area (Å²) in [6.07, 6.45) is 10.4. The minimum atomic E-state index is 0.813. The van der Waals surface area contributed by atoms with Gasteiger partial charge in [0.25, 0.3) is 5.84 Å². The third-order valence-corrected chi connectivity index (χ3v) is 5.96. The predicted molar refractivity (Wildman–Crippen MR) is 105 cm³/mol. The number of halogens is 1. The Morgan fingerprint density at radius 3 is 1.96 bits per heavy atom. The largest absolute Gasteiger partial charge is 0.371 e. The summed E-state index contributed by atoms with van der Waals surface area (Å²) in [5.74, 6) is 1.45. The zero-order chi connectivity index (χ0) is 17.1. The van der Waals surface area contributed by atoms with E-state index in [0.717, 1.165) is 5.02 Å². The van der Waals surface area contributed by atoms with E-state index < -0.39 is 0 Å². The monoisotopic (exact) mass is 358 g/mol. The lowest BCUT2D eigenvalue weighted by Crippen LogP contribution is -2.35. The van der Waals surface area contributed by atoms with E-state index in [1.165, 1.54) is 94.9 Å². The third kappa shape index (κ3) is 3.87. The Labute approximate surface area is 156 Å². The van der Waals surface area contributed by atoms with E-state index in [9.17, 15) is 0 Å². The SMILES string of the molecule is Clc1ccc(/C(=C/C(N2CCCC2)=[N+]2CCCC2)N2CCCC2)cc1. The van der Waals surface area contributed by atoms with Crippen molar-refractivity contribution < 1.29 is 4.58 Å². The standard InChI is InChI=1S/C21H29ClN3/c22-19-9-7-18(8-10-19)20(23-11-1-2-12-23)17-21(24-13-3-4-14-24)25-15-5-6-16-25/h7-10,17H,1-6,11-16H2/q+1. The van der Waals surface area contributed by atoms with Gasteiger partial charge in [0.1, 0.15) is 0 Å². The van der Waals surface area contributed by atoms with Crippen LogP contribution in [0, 0.1) is 0 Å². The molecular formula is C21H29ClN3+. The Bertz CT molecular complexity index is 642. The van der Waals surface area contributed by atoms with Gasteiger partial charge in [0.05, 0.1) is 38.0 Å². The van der Waals surface area contributed by atoms with Crippen LogP contribution < -0.4 is 0 Å². The van der Waals surface area contributed by atoms with Gasteiger partial charge in [-0.1, -0.05) is 23.7 Å². The van der Waals surface area contributed by atoms with Crippen molar-refractivity contribution in [3.8, 4) is 0 Å². The lowest BCUT2D eigenvalue weighted by Gasteiger charge is -2.23. The highest BCUT2D eigenvalue weighted by atomic mass is 35.5. The van der Waals surface area contributed by atoms with Crippen LogP contribution in [0.2, 0.25) is 5.02 Å². The first-order valence-electron chi connectivity index (χ1n) is 9.91. The number of likely N-dealkylation sites (tertiary alicyclic amines) is 2. The minimum Gasteiger partial charge on any atom is -0.371 e. The number of hydrogen-bond donors (Lipinski definition) is 0. The number of benzene rings is 1. The second-order valence-corrected chi connectivity index (χ2v) is 7.91. The molecule has 0 aromatic heterocycles. The van der Waals surface area contributed by atoms with Gasteiger partial charge in [-0.2, -0.15) is 0 Å². The molecule has 0 aliphatic carbocycles. The van der Waals surface area contributed by atoms with Crippen molar-refractivity contribution in [3.63, 3.8) is 0 Å². The fraction of sp³-hybridized carbons (Fsp3) is 0.571. The van der Waals surface area contributed by atoms with E-state index in [0.29, 0.717) is 0 Å². The highest BCUT2D eigenvalue weighted by molar-refractivity contribution is 6.30. The summed E-state index contributed by atoms with van der Waals surface area (Å²) in [5, 5.41) is 0.813. The van der Waals surface area contributed by atoms with Crippen molar-refractivity contribution in [1.82, 2.24) is 9.80 Å². The van der Waals surface area contributed by atoms with Crippen molar-refractivity contribution in [3.05, 3.63) is 40.9 Å². The van der Waals surface area contributed by atoms with E-state index >= 15 is 0 Å². The maximum Gasteiger partial charge on any atom is 0.273 e. The lowest BCUT2D eigenvalue weighted by atomic mass is 10.1. The molecule has 1 aromatic rings. The zero-order valence-electron chi connectivity index (χ0n) is 15.1. The molecule has 3 aliphatic rings. The third-order valence-electron chi connectivity index (χ3n) is 5.71. The number of nitrogens with zero attached hydrogens (tertiary/aromatic N) is 3. The number of hydrogen-bond acceptors (Lipinski definition) is 1. The summed E-state index contributed by atoms with van der Waals surface area (Å²) in [7, 11) is 0. The first-order chi connectivity index (χ1) is 12.3. The fourth-order valence-electron chi connectivity index (χ4n) is 4.33. The second-order valence-electron chi connectivity index (χ2n) is 7.48. The summed E-state index contributed by atoms with van der Waals surface area (Å²) >= 11 is 6.13. The van der Waals surface area contributed by atoms with Gasteiger partial charge in [0.2, 0.25) is 0 Å². The van der Waals surface area contributed by atoms with Crippen molar-refractivity contribution in [2.75, 3.05) is 39.3 Å². The number of rotatable bonds is 3. The molecule has 0 N–H and O–H groups in total. The van der Waals surface area contributed by atoms with Crippen molar-refractivity contribution in [2.45, 2.75) is 38.5 Å². The molecule has 0 atom stereocenters. The van der Waals surface area contributed by atoms with E-state index in [4.69, 9.17) is 11.6 Å². The van der Waals surface area contributed by atoms with Crippen LogP contribution in [0.4, 0.5) is 0 Å². The quantitative estimate of drug-likeness (QED) is 0.595. The Morgan fingerprint density at radius 1 is 0.800 bits per heavy atom. The van der Waals surface area contributed by atoms with Gasteiger partial charge in [-0.05, 0) is 56.2 Å². The molecule has 134 valence electrons. The molecule has 1 aromatic carbocycles. The Kier molecular flexibility index (Phi) is 5.30. The van der Waals surface area contributed by atoms with Gasteiger partial charge in [-0.3, -0.25) is 9.48 Å². The Morgan fingerprint density at radius 2 is 1.36 bits per heavy atom. The molecule has 0 bridgehead atoms. The van der Waals surface area contributed by atoms with Crippen LogP contribution in [-0.2, 0) is 0 Å². The molecule has 3 fully saturated rings.